The van der Waals surface area contributed by atoms with E-state index in [1.165, 1.54) is 0 Å². The molecule has 0 aliphatic rings. The van der Waals surface area contributed by atoms with E-state index in [0.29, 0.717) is 5.56 Å². The molecule has 0 radical (unpaired) electrons. The van der Waals surface area contributed by atoms with Crippen molar-refractivity contribution < 1.29 is 23.9 Å². The molecule has 1 rings (SSSR count). The lowest BCUT2D eigenvalue weighted by Crippen LogP contribution is -2.08. The van der Waals surface area contributed by atoms with E-state index in [1.807, 2.05) is 0 Å². The molecule has 17 heavy (non-hydrogen) atoms. The topological polar surface area (TPSA) is 69.7 Å². The molecule has 0 unspecified atom stereocenters. The SMILES string of the molecule is COC(=O)/C(C=O)=C/OC(=O)c1ccccc1. The van der Waals surface area contributed by atoms with E-state index >= 15 is 0 Å². The quantitative estimate of drug-likeness (QED) is 0.195. The van der Waals surface area contributed by atoms with Gasteiger partial charge in [-0.05, 0) is 12.1 Å². The zero-order chi connectivity index (χ0) is 12.7. The summed E-state index contributed by atoms with van der Waals surface area (Å²) in [5, 5.41) is 0. The number of carbonyl (C=O) groups is 3. The van der Waals surface area contributed by atoms with Crippen LogP contribution < -0.4 is 0 Å². The summed E-state index contributed by atoms with van der Waals surface area (Å²) in [5.41, 5.74) is -0.0457. The van der Waals surface area contributed by atoms with Crippen LogP contribution in [0.2, 0.25) is 0 Å². The Labute approximate surface area is 97.6 Å². The fraction of sp³-hybridized carbons (Fsp3) is 0.0833. The van der Waals surface area contributed by atoms with E-state index in [0.717, 1.165) is 13.4 Å². The molecule has 0 spiro atoms. The van der Waals surface area contributed by atoms with Gasteiger partial charge in [0.25, 0.3) is 0 Å². The highest BCUT2D eigenvalue weighted by Crippen LogP contribution is 2.03. The summed E-state index contributed by atoms with van der Waals surface area (Å²) >= 11 is 0. The van der Waals surface area contributed by atoms with Crippen LogP contribution in [0.15, 0.2) is 42.2 Å². The van der Waals surface area contributed by atoms with Gasteiger partial charge < -0.3 is 9.47 Å². The number of aldehydes is 1. The molecule has 0 aliphatic carbocycles. The number of hydrogen-bond acceptors (Lipinski definition) is 5. The van der Waals surface area contributed by atoms with E-state index in [2.05, 4.69) is 9.47 Å². The molecular formula is C12H10O5. The highest BCUT2D eigenvalue weighted by atomic mass is 16.5. The third kappa shape index (κ3) is 3.57. The van der Waals surface area contributed by atoms with Gasteiger partial charge in [0.1, 0.15) is 11.8 Å². The van der Waals surface area contributed by atoms with Crippen molar-refractivity contribution in [1.82, 2.24) is 0 Å². The Morgan fingerprint density at radius 3 is 2.35 bits per heavy atom. The molecule has 5 nitrogen and oxygen atoms in total. The van der Waals surface area contributed by atoms with Gasteiger partial charge in [0.05, 0.1) is 12.7 Å². The predicted molar refractivity (Wildman–Crippen MR) is 58.0 cm³/mol. The summed E-state index contributed by atoms with van der Waals surface area (Å²) in [6.45, 7) is 0. The monoisotopic (exact) mass is 234 g/mol. The first-order valence-corrected chi connectivity index (χ1v) is 4.68. The van der Waals surface area contributed by atoms with Gasteiger partial charge in [0.15, 0.2) is 6.29 Å². The molecule has 88 valence electrons. The van der Waals surface area contributed by atoms with Crippen LogP contribution >= 0.6 is 0 Å². The standard InChI is InChI=1S/C12H10O5/c1-16-11(14)10(7-13)8-17-12(15)9-5-3-2-4-6-9/h2-8H,1H3/b10-8+. The number of carbonyl (C=O) groups excluding carboxylic acids is 3. The van der Waals surface area contributed by atoms with E-state index in [4.69, 9.17) is 0 Å². The summed E-state index contributed by atoms with van der Waals surface area (Å²) in [5.74, 6) is -1.52. The number of methoxy groups -OCH3 is 1. The van der Waals surface area contributed by atoms with Gasteiger partial charge in [0, 0.05) is 0 Å². The molecular weight excluding hydrogens is 224 g/mol. The largest absolute Gasteiger partial charge is 0.465 e. The second-order valence-corrected chi connectivity index (χ2v) is 2.95. The van der Waals surface area contributed by atoms with Crippen molar-refractivity contribution in [2.45, 2.75) is 0 Å². The Hall–Kier alpha value is -2.43. The van der Waals surface area contributed by atoms with Gasteiger partial charge in [0.2, 0.25) is 0 Å². The summed E-state index contributed by atoms with van der Waals surface area (Å²) in [6.07, 6.45) is 1.03. The maximum absolute atomic E-state index is 11.4. The van der Waals surface area contributed by atoms with Crippen LogP contribution in [0.1, 0.15) is 10.4 Å². The molecule has 0 fully saturated rings. The first-order valence-electron chi connectivity index (χ1n) is 4.68. The lowest BCUT2D eigenvalue weighted by molar-refractivity contribution is -0.136. The fourth-order valence-corrected chi connectivity index (χ4v) is 1.00. The van der Waals surface area contributed by atoms with Gasteiger partial charge in [-0.25, -0.2) is 9.59 Å². The second-order valence-electron chi connectivity index (χ2n) is 2.95. The Morgan fingerprint density at radius 1 is 1.18 bits per heavy atom. The Bertz CT molecular complexity index is 447. The zero-order valence-electron chi connectivity index (χ0n) is 9.08. The third-order valence-corrected chi connectivity index (χ3v) is 1.85. The molecule has 0 atom stereocenters. The third-order valence-electron chi connectivity index (χ3n) is 1.85. The Kier molecular flexibility index (Phi) is 4.62. The Balaban J connectivity index is 2.73. The van der Waals surface area contributed by atoms with Gasteiger partial charge in [-0.3, -0.25) is 4.79 Å². The lowest BCUT2D eigenvalue weighted by atomic mass is 10.2. The molecule has 1 aromatic rings. The lowest BCUT2D eigenvalue weighted by Gasteiger charge is -2.00. The van der Waals surface area contributed by atoms with Crippen LogP contribution in [0.25, 0.3) is 0 Å². The summed E-state index contributed by atoms with van der Waals surface area (Å²) in [4.78, 5) is 32.9. The van der Waals surface area contributed by atoms with Crippen LogP contribution in [0.5, 0.6) is 0 Å². The molecule has 5 heteroatoms. The van der Waals surface area contributed by atoms with Crippen LogP contribution in [0, 0.1) is 0 Å². The molecule has 0 saturated heterocycles. The highest BCUT2D eigenvalue weighted by molar-refractivity contribution is 6.07. The fourth-order valence-electron chi connectivity index (χ4n) is 1.00. The van der Waals surface area contributed by atoms with Gasteiger partial charge in [-0.1, -0.05) is 18.2 Å². The molecule has 0 amide bonds. The van der Waals surface area contributed by atoms with E-state index in [-0.39, 0.29) is 11.9 Å². The van der Waals surface area contributed by atoms with E-state index < -0.39 is 11.9 Å². The van der Waals surface area contributed by atoms with Crippen LogP contribution in [0.3, 0.4) is 0 Å². The number of hydrogen-bond donors (Lipinski definition) is 0. The number of benzene rings is 1. The first kappa shape index (κ1) is 12.6. The minimum absolute atomic E-state index is 0.254. The molecule has 0 bridgehead atoms. The molecule has 0 aromatic heterocycles. The maximum Gasteiger partial charge on any atom is 0.344 e. The van der Waals surface area contributed by atoms with Gasteiger partial charge >= 0.3 is 11.9 Å². The van der Waals surface area contributed by atoms with E-state index in [9.17, 15) is 14.4 Å². The normalized spacial score (nSPS) is 10.5. The molecule has 0 heterocycles. The van der Waals surface area contributed by atoms with Gasteiger partial charge in [-0.15, -0.1) is 0 Å². The van der Waals surface area contributed by atoms with Gasteiger partial charge in [-0.2, -0.15) is 0 Å². The first-order chi connectivity index (χ1) is 8.19. The number of ether oxygens (including phenoxy) is 2. The molecule has 1 aromatic carbocycles. The van der Waals surface area contributed by atoms with Crippen molar-refractivity contribution in [3.05, 3.63) is 47.7 Å². The average Bonchev–Trinajstić information content (AvgIpc) is 2.39. The van der Waals surface area contributed by atoms with Crippen LogP contribution in [-0.2, 0) is 19.1 Å². The van der Waals surface area contributed by atoms with Crippen LogP contribution in [-0.4, -0.2) is 25.3 Å². The predicted octanol–water partition coefficient (Wildman–Crippen LogP) is 1.10. The van der Waals surface area contributed by atoms with Crippen molar-refractivity contribution >= 4 is 18.2 Å². The van der Waals surface area contributed by atoms with Crippen LogP contribution in [0.4, 0.5) is 0 Å². The maximum atomic E-state index is 11.4. The number of rotatable bonds is 4. The smallest absolute Gasteiger partial charge is 0.344 e. The summed E-state index contributed by atoms with van der Waals surface area (Å²) in [6, 6.07) is 8.18. The molecule has 0 N–H and O–H groups in total. The van der Waals surface area contributed by atoms with Crippen molar-refractivity contribution in [3.8, 4) is 0 Å². The minimum Gasteiger partial charge on any atom is -0.465 e. The second kappa shape index (κ2) is 6.22. The minimum atomic E-state index is -0.860. The van der Waals surface area contributed by atoms with Crippen molar-refractivity contribution in [1.29, 1.82) is 0 Å². The molecule has 0 aliphatic heterocycles. The van der Waals surface area contributed by atoms with Crippen molar-refractivity contribution in [2.24, 2.45) is 0 Å². The van der Waals surface area contributed by atoms with Crippen molar-refractivity contribution in [3.63, 3.8) is 0 Å². The highest BCUT2D eigenvalue weighted by Gasteiger charge is 2.11. The zero-order valence-corrected chi connectivity index (χ0v) is 9.08. The number of esters is 2. The summed E-state index contributed by atoms with van der Waals surface area (Å²) in [7, 11) is 1.12. The average molecular weight is 234 g/mol. The molecule has 0 saturated carbocycles. The van der Waals surface area contributed by atoms with Crippen molar-refractivity contribution in [2.75, 3.05) is 7.11 Å². The summed E-state index contributed by atoms with van der Waals surface area (Å²) < 4.78 is 8.98. The Morgan fingerprint density at radius 2 is 1.82 bits per heavy atom. The van der Waals surface area contributed by atoms with E-state index in [1.54, 1.807) is 30.3 Å².